The van der Waals surface area contributed by atoms with Crippen LogP contribution in [0.1, 0.15) is 5.56 Å². The summed E-state index contributed by atoms with van der Waals surface area (Å²) in [4.78, 5) is 22.7. The van der Waals surface area contributed by atoms with E-state index >= 15 is 0 Å². The first kappa shape index (κ1) is 13.2. The molecule has 0 spiro atoms. The molecule has 0 aliphatic rings. The molecule has 17 heavy (non-hydrogen) atoms. The molecule has 5 heteroatoms. The van der Waals surface area contributed by atoms with Crippen molar-refractivity contribution in [3.8, 4) is 0 Å². The summed E-state index contributed by atoms with van der Waals surface area (Å²) >= 11 is 0. The van der Waals surface area contributed by atoms with Gasteiger partial charge in [-0.1, -0.05) is 30.3 Å². The minimum absolute atomic E-state index is 0.410. The number of carbonyl (C=O) groups excluding carboxylic acids is 2. The summed E-state index contributed by atoms with van der Waals surface area (Å²) in [6.45, 7) is 0. The molecule has 1 aromatic rings. The number of hydrogen-bond donors (Lipinski definition) is 0. The molecule has 0 saturated carbocycles. The molecule has 1 rings (SSSR count). The lowest BCUT2D eigenvalue weighted by Crippen LogP contribution is -2.46. The van der Waals surface area contributed by atoms with Gasteiger partial charge in [0, 0.05) is 6.42 Å². The van der Waals surface area contributed by atoms with E-state index in [1.807, 2.05) is 0 Å². The van der Waals surface area contributed by atoms with Gasteiger partial charge in [-0.2, -0.15) is 0 Å². The van der Waals surface area contributed by atoms with E-state index in [4.69, 9.17) is 0 Å². The summed E-state index contributed by atoms with van der Waals surface area (Å²) in [5.74, 6) is -2.51. The maximum absolute atomic E-state index is 14.3. The number of benzene rings is 1. The van der Waals surface area contributed by atoms with Crippen molar-refractivity contribution in [3.63, 3.8) is 0 Å². The van der Waals surface area contributed by atoms with Crippen LogP contribution < -0.4 is 0 Å². The fourth-order valence-electron chi connectivity index (χ4n) is 1.43. The highest BCUT2D eigenvalue weighted by Gasteiger charge is 2.49. The molecule has 0 fully saturated rings. The third-order valence-electron chi connectivity index (χ3n) is 2.31. The molecule has 0 heterocycles. The number of alkyl halides is 1. The standard InChI is InChI=1S/C12H13FO4/c1-16-10(14)12(13,11(15)17-2)8-9-6-4-3-5-7-9/h3-7H,8H2,1-2H3. The van der Waals surface area contributed by atoms with Crippen molar-refractivity contribution in [3.05, 3.63) is 35.9 Å². The molecular formula is C12H13FO4. The Labute approximate surface area is 98.3 Å². The highest BCUT2D eigenvalue weighted by molar-refractivity contribution is 6.03. The molecule has 0 radical (unpaired) electrons. The van der Waals surface area contributed by atoms with Crippen LogP contribution in [0.3, 0.4) is 0 Å². The monoisotopic (exact) mass is 240 g/mol. The highest BCUT2D eigenvalue weighted by atomic mass is 19.1. The van der Waals surface area contributed by atoms with Gasteiger partial charge in [0.1, 0.15) is 0 Å². The van der Waals surface area contributed by atoms with Crippen molar-refractivity contribution < 1.29 is 23.5 Å². The van der Waals surface area contributed by atoms with Crippen LogP contribution in [0.15, 0.2) is 30.3 Å². The van der Waals surface area contributed by atoms with E-state index in [1.165, 1.54) is 0 Å². The average Bonchev–Trinajstić information content (AvgIpc) is 2.37. The molecule has 0 bridgehead atoms. The number of halogens is 1. The van der Waals surface area contributed by atoms with Crippen molar-refractivity contribution in [2.75, 3.05) is 14.2 Å². The Kier molecular flexibility index (Phi) is 4.20. The quantitative estimate of drug-likeness (QED) is 0.587. The number of hydrogen-bond acceptors (Lipinski definition) is 4. The van der Waals surface area contributed by atoms with Crippen LogP contribution >= 0.6 is 0 Å². The summed E-state index contributed by atoms with van der Waals surface area (Å²) in [5.41, 5.74) is -2.30. The maximum atomic E-state index is 14.3. The van der Waals surface area contributed by atoms with Gasteiger partial charge >= 0.3 is 17.6 Å². The number of carbonyl (C=O) groups is 2. The number of rotatable bonds is 4. The maximum Gasteiger partial charge on any atom is 0.355 e. The summed E-state index contributed by atoms with van der Waals surface area (Å²) in [6.07, 6.45) is -0.410. The highest BCUT2D eigenvalue weighted by Crippen LogP contribution is 2.21. The van der Waals surface area contributed by atoms with Crippen molar-refractivity contribution in [1.82, 2.24) is 0 Å². The first-order chi connectivity index (χ1) is 8.04. The van der Waals surface area contributed by atoms with Crippen LogP contribution in [-0.2, 0) is 25.5 Å². The van der Waals surface area contributed by atoms with Crippen LogP contribution in [0.25, 0.3) is 0 Å². The molecule has 0 aliphatic carbocycles. The molecule has 0 saturated heterocycles. The van der Waals surface area contributed by atoms with E-state index in [0.717, 1.165) is 14.2 Å². The molecule has 92 valence electrons. The van der Waals surface area contributed by atoms with Crippen LogP contribution in [0.5, 0.6) is 0 Å². The van der Waals surface area contributed by atoms with Crippen molar-refractivity contribution in [2.24, 2.45) is 0 Å². The Morgan fingerprint density at radius 1 is 1.12 bits per heavy atom. The molecule has 0 aromatic heterocycles. The lowest BCUT2D eigenvalue weighted by atomic mass is 9.96. The Bertz CT molecular complexity index is 386. The minimum Gasteiger partial charge on any atom is -0.466 e. The first-order valence-electron chi connectivity index (χ1n) is 4.94. The smallest absolute Gasteiger partial charge is 0.355 e. The van der Waals surface area contributed by atoms with E-state index in [9.17, 15) is 14.0 Å². The van der Waals surface area contributed by atoms with E-state index in [1.54, 1.807) is 30.3 Å². The van der Waals surface area contributed by atoms with Gasteiger partial charge in [0.15, 0.2) is 0 Å². The zero-order valence-electron chi connectivity index (χ0n) is 9.60. The lowest BCUT2D eigenvalue weighted by Gasteiger charge is -2.19. The topological polar surface area (TPSA) is 52.6 Å². The van der Waals surface area contributed by atoms with Crippen LogP contribution in [-0.4, -0.2) is 31.8 Å². The molecule has 0 N–H and O–H groups in total. The van der Waals surface area contributed by atoms with Gasteiger partial charge < -0.3 is 9.47 Å². The molecule has 0 unspecified atom stereocenters. The average molecular weight is 240 g/mol. The molecule has 0 amide bonds. The summed E-state index contributed by atoms with van der Waals surface area (Å²) < 4.78 is 22.9. The number of esters is 2. The first-order valence-corrected chi connectivity index (χ1v) is 4.94. The number of ether oxygens (including phenoxy) is 2. The second kappa shape index (κ2) is 5.43. The summed E-state index contributed by atoms with van der Waals surface area (Å²) in [6, 6.07) is 8.34. The van der Waals surface area contributed by atoms with Gasteiger partial charge in [-0.15, -0.1) is 0 Å². The van der Waals surface area contributed by atoms with Crippen LogP contribution in [0.4, 0.5) is 4.39 Å². The van der Waals surface area contributed by atoms with Gasteiger partial charge in [0.05, 0.1) is 14.2 Å². The Balaban J connectivity index is 3.00. The lowest BCUT2D eigenvalue weighted by molar-refractivity contribution is -0.171. The summed E-state index contributed by atoms with van der Waals surface area (Å²) in [7, 11) is 2.04. The Hall–Kier alpha value is -1.91. The third kappa shape index (κ3) is 2.81. The Morgan fingerprint density at radius 2 is 1.59 bits per heavy atom. The van der Waals surface area contributed by atoms with E-state index in [-0.39, 0.29) is 0 Å². The molecular weight excluding hydrogens is 227 g/mol. The molecule has 4 nitrogen and oxygen atoms in total. The van der Waals surface area contributed by atoms with Crippen LogP contribution in [0.2, 0.25) is 0 Å². The summed E-state index contributed by atoms with van der Waals surface area (Å²) in [5, 5.41) is 0. The van der Waals surface area contributed by atoms with Gasteiger partial charge in [0.25, 0.3) is 0 Å². The predicted molar refractivity (Wildman–Crippen MR) is 58.0 cm³/mol. The van der Waals surface area contributed by atoms with Gasteiger partial charge in [0.2, 0.25) is 0 Å². The van der Waals surface area contributed by atoms with Crippen molar-refractivity contribution in [2.45, 2.75) is 12.1 Å². The van der Waals surface area contributed by atoms with Gasteiger partial charge in [-0.25, -0.2) is 14.0 Å². The Morgan fingerprint density at radius 3 is 2.00 bits per heavy atom. The van der Waals surface area contributed by atoms with Crippen molar-refractivity contribution >= 4 is 11.9 Å². The van der Waals surface area contributed by atoms with E-state index in [2.05, 4.69) is 9.47 Å². The fourth-order valence-corrected chi connectivity index (χ4v) is 1.43. The molecule has 0 atom stereocenters. The normalized spacial score (nSPS) is 10.8. The van der Waals surface area contributed by atoms with Crippen LogP contribution in [0, 0.1) is 0 Å². The fraction of sp³-hybridized carbons (Fsp3) is 0.333. The molecule has 0 aliphatic heterocycles. The second-order valence-electron chi connectivity index (χ2n) is 3.45. The van der Waals surface area contributed by atoms with E-state index < -0.39 is 24.0 Å². The SMILES string of the molecule is COC(=O)C(F)(Cc1ccccc1)C(=O)OC. The largest absolute Gasteiger partial charge is 0.466 e. The van der Waals surface area contributed by atoms with Gasteiger partial charge in [-0.3, -0.25) is 0 Å². The number of methoxy groups -OCH3 is 2. The second-order valence-corrected chi connectivity index (χ2v) is 3.45. The van der Waals surface area contributed by atoms with Crippen molar-refractivity contribution in [1.29, 1.82) is 0 Å². The zero-order chi connectivity index (χ0) is 12.9. The predicted octanol–water partition coefficient (Wildman–Crippen LogP) is 1.28. The van der Waals surface area contributed by atoms with E-state index in [0.29, 0.717) is 5.56 Å². The molecule has 1 aromatic carbocycles. The minimum atomic E-state index is -2.80. The van der Waals surface area contributed by atoms with Gasteiger partial charge in [-0.05, 0) is 5.56 Å². The third-order valence-corrected chi connectivity index (χ3v) is 2.31. The zero-order valence-corrected chi connectivity index (χ0v) is 9.60.